The second-order valence-corrected chi connectivity index (χ2v) is 5.40. The quantitative estimate of drug-likeness (QED) is 0.703. The van der Waals surface area contributed by atoms with Crippen LogP contribution in [-0.4, -0.2) is 29.7 Å². The van der Waals surface area contributed by atoms with Crippen LogP contribution in [0.4, 0.5) is 5.69 Å². The molecule has 1 amide bonds. The summed E-state index contributed by atoms with van der Waals surface area (Å²) >= 11 is 0. The van der Waals surface area contributed by atoms with Crippen LogP contribution in [0.3, 0.4) is 0 Å². The van der Waals surface area contributed by atoms with E-state index in [9.17, 15) is 4.79 Å². The Morgan fingerprint density at radius 1 is 1.21 bits per heavy atom. The first kappa shape index (κ1) is 17.8. The number of carbonyl (C=O) groups is 1. The molecule has 0 atom stereocenters. The summed E-state index contributed by atoms with van der Waals surface area (Å²) in [4.78, 5) is 16.0. The van der Waals surface area contributed by atoms with E-state index >= 15 is 0 Å². The third-order valence-electron chi connectivity index (χ3n) is 4.23. The predicted octanol–water partition coefficient (Wildman–Crippen LogP) is 3.10. The lowest BCUT2D eigenvalue weighted by Crippen LogP contribution is -2.25. The number of carbonyl (C=O) groups excluding carboxylic acids is 1. The molecule has 0 aliphatic carbocycles. The lowest BCUT2D eigenvalue weighted by Gasteiger charge is -2.23. The molecule has 0 unspecified atom stereocenters. The lowest BCUT2D eigenvalue weighted by atomic mass is 9.87. The fourth-order valence-corrected chi connectivity index (χ4v) is 3.17. The molecule has 2 aliphatic rings. The highest BCUT2D eigenvalue weighted by atomic mass is 16.2. The van der Waals surface area contributed by atoms with Gasteiger partial charge >= 0.3 is 0 Å². The standard InChI is InChI=1S/C17H15N3O.CH4O.CH4.2H2/c1-10-13-8-14(11-2-5-18-6-3-11)12-4-7-19-9-15(12)16(13)20-17(10)21;1-2;;;/h2-3,5-6,8,19H,1,4,7,9H2,(H,20,21);2H,1H3;1H4;2*1H. The van der Waals surface area contributed by atoms with Gasteiger partial charge in [0.2, 0.25) is 0 Å². The second-order valence-electron chi connectivity index (χ2n) is 5.40. The van der Waals surface area contributed by atoms with E-state index in [2.05, 4.69) is 28.3 Å². The van der Waals surface area contributed by atoms with E-state index in [-0.39, 0.29) is 16.2 Å². The first-order chi connectivity index (χ1) is 11.3. The summed E-state index contributed by atoms with van der Waals surface area (Å²) in [5.41, 5.74) is 7.24. The van der Waals surface area contributed by atoms with Gasteiger partial charge < -0.3 is 15.7 Å². The molecule has 130 valence electrons. The van der Waals surface area contributed by atoms with E-state index in [0.717, 1.165) is 43.4 Å². The second kappa shape index (κ2) is 7.38. The van der Waals surface area contributed by atoms with Gasteiger partial charge in [0, 0.05) is 40.0 Å². The molecule has 0 saturated carbocycles. The first-order valence-corrected chi connectivity index (χ1v) is 7.51. The maximum Gasteiger partial charge on any atom is 0.255 e. The van der Waals surface area contributed by atoms with Gasteiger partial charge in [-0.15, -0.1) is 0 Å². The number of amides is 1. The molecule has 5 nitrogen and oxygen atoms in total. The molecular formula is C19H27N3O2. The van der Waals surface area contributed by atoms with Crippen LogP contribution in [0.15, 0.2) is 37.2 Å². The smallest absolute Gasteiger partial charge is 0.255 e. The van der Waals surface area contributed by atoms with Crippen molar-refractivity contribution in [2.24, 2.45) is 0 Å². The van der Waals surface area contributed by atoms with E-state index in [4.69, 9.17) is 5.11 Å². The van der Waals surface area contributed by atoms with Crippen LogP contribution in [0.25, 0.3) is 16.7 Å². The summed E-state index contributed by atoms with van der Waals surface area (Å²) in [6.45, 7) is 5.65. The van der Waals surface area contributed by atoms with Crippen molar-refractivity contribution in [3.8, 4) is 11.1 Å². The monoisotopic (exact) mass is 329 g/mol. The van der Waals surface area contributed by atoms with E-state index < -0.39 is 0 Å². The molecule has 0 radical (unpaired) electrons. The number of rotatable bonds is 1. The average molecular weight is 329 g/mol. The molecular weight excluding hydrogens is 302 g/mol. The fourth-order valence-electron chi connectivity index (χ4n) is 3.17. The van der Waals surface area contributed by atoms with Crippen molar-refractivity contribution in [1.29, 1.82) is 0 Å². The van der Waals surface area contributed by atoms with Gasteiger partial charge in [-0.05, 0) is 53.4 Å². The zero-order chi connectivity index (χ0) is 16.4. The average Bonchev–Trinajstić information content (AvgIpc) is 2.92. The number of hydrogen-bond acceptors (Lipinski definition) is 4. The number of fused-ring (bicyclic) bond motifs is 3. The Morgan fingerprint density at radius 2 is 1.92 bits per heavy atom. The molecule has 0 fully saturated rings. The largest absolute Gasteiger partial charge is 0.400 e. The topological polar surface area (TPSA) is 74.2 Å². The number of aliphatic hydroxyl groups excluding tert-OH is 1. The molecule has 1 aromatic heterocycles. The number of nitrogens with zero attached hydrogens (tertiary/aromatic N) is 1. The Labute approximate surface area is 145 Å². The van der Waals surface area contributed by atoms with Gasteiger partial charge in [-0.1, -0.05) is 14.0 Å². The number of benzene rings is 1. The summed E-state index contributed by atoms with van der Waals surface area (Å²) in [5.74, 6) is -0.0929. The van der Waals surface area contributed by atoms with Crippen molar-refractivity contribution in [2.45, 2.75) is 20.4 Å². The summed E-state index contributed by atoms with van der Waals surface area (Å²) in [6.07, 6.45) is 4.56. The number of aliphatic hydroxyl groups is 1. The van der Waals surface area contributed by atoms with Crippen molar-refractivity contribution in [3.63, 3.8) is 0 Å². The van der Waals surface area contributed by atoms with Gasteiger partial charge in [0.05, 0.1) is 5.69 Å². The Balaban J connectivity index is 0.00000121. The van der Waals surface area contributed by atoms with E-state index in [0.29, 0.717) is 5.57 Å². The highest BCUT2D eigenvalue weighted by molar-refractivity contribution is 6.31. The van der Waals surface area contributed by atoms with Gasteiger partial charge in [0.15, 0.2) is 0 Å². The molecule has 1 aromatic carbocycles. The molecule has 2 aliphatic heterocycles. The van der Waals surface area contributed by atoms with Crippen LogP contribution in [0.2, 0.25) is 0 Å². The van der Waals surface area contributed by atoms with Crippen LogP contribution < -0.4 is 10.6 Å². The molecule has 0 spiro atoms. The molecule has 0 saturated heterocycles. The van der Waals surface area contributed by atoms with E-state index in [1.54, 1.807) is 12.4 Å². The SMILES string of the molecule is C.C=C1C(=O)Nc2c1cc(-c1ccncc1)c1c2CNCC1.CO.[HH].[HH]. The molecule has 3 N–H and O–H groups in total. The number of pyridine rings is 1. The van der Waals surface area contributed by atoms with Crippen molar-refractivity contribution >= 4 is 17.2 Å². The van der Waals surface area contributed by atoms with Gasteiger partial charge in [-0.25, -0.2) is 0 Å². The van der Waals surface area contributed by atoms with Crippen LogP contribution in [0.5, 0.6) is 0 Å². The number of anilines is 1. The van der Waals surface area contributed by atoms with Crippen molar-refractivity contribution < 1.29 is 12.8 Å². The minimum Gasteiger partial charge on any atom is -0.400 e. The lowest BCUT2D eigenvalue weighted by molar-refractivity contribution is -0.110. The third kappa shape index (κ3) is 2.84. The molecule has 2 aromatic rings. The fraction of sp³-hybridized carbons (Fsp3) is 0.263. The number of hydrogen-bond donors (Lipinski definition) is 3. The van der Waals surface area contributed by atoms with Crippen LogP contribution in [0, 0.1) is 0 Å². The predicted molar refractivity (Wildman–Crippen MR) is 102 cm³/mol. The number of aromatic nitrogens is 1. The maximum absolute atomic E-state index is 11.9. The van der Waals surface area contributed by atoms with Gasteiger partial charge in [0.25, 0.3) is 5.91 Å². The first-order valence-electron chi connectivity index (χ1n) is 7.51. The Morgan fingerprint density at radius 3 is 2.62 bits per heavy atom. The summed E-state index contributed by atoms with van der Waals surface area (Å²) in [6, 6.07) is 6.11. The zero-order valence-corrected chi connectivity index (χ0v) is 13.0. The van der Waals surface area contributed by atoms with Crippen molar-refractivity contribution in [3.05, 3.63) is 53.9 Å². The Hall–Kier alpha value is -2.50. The number of nitrogens with one attached hydrogen (secondary N) is 2. The maximum atomic E-state index is 11.9. The van der Waals surface area contributed by atoms with E-state index in [1.807, 2.05) is 12.1 Å². The molecule has 5 heteroatoms. The van der Waals surface area contributed by atoms with Crippen LogP contribution in [-0.2, 0) is 17.8 Å². The minimum absolute atomic E-state index is 0. The third-order valence-corrected chi connectivity index (χ3v) is 4.23. The Bertz CT molecular complexity index is 780. The summed E-state index contributed by atoms with van der Waals surface area (Å²) in [5, 5.41) is 13.3. The highest BCUT2D eigenvalue weighted by Gasteiger charge is 2.29. The van der Waals surface area contributed by atoms with Crippen LogP contribution >= 0.6 is 0 Å². The summed E-state index contributed by atoms with van der Waals surface area (Å²) < 4.78 is 0. The summed E-state index contributed by atoms with van der Waals surface area (Å²) in [7, 11) is 1.00. The van der Waals surface area contributed by atoms with Crippen molar-refractivity contribution in [1.82, 2.24) is 10.3 Å². The van der Waals surface area contributed by atoms with E-state index in [1.165, 1.54) is 16.7 Å². The zero-order valence-electron chi connectivity index (χ0n) is 13.0. The van der Waals surface area contributed by atoms with Gasteiger partial charge in [-0.2, -0.15) is 0 Å². The Kier molecular flexibility index (Phi) is 5.49. The van der Waals surface area contributed by atoms with Crippen LogP contribution in [0.1, 0.15) is 27.0 Å². The minimum atomic E-state index is -0.0929. The molecule has 0 bridgehead atoms. The molecule has 24 heavy (non-hydrogen) atoms. The molecule has 4 rings (SSSR count). The normalized spacial score (nSPS) is 14.6. The van der Waals surface area contributed by atoms with Gasteiger partial charge in [-0.3, -0.25) is 9.78 Å². The molecule has 3 heterocycles. The highest BCUT2D eigenvalue weighted by Crippen LogP contribution is 2.41. The van der Waals surface area contributed by atoms with Gasteiger partial charge in [0.1, 0.15) is 0 Å². The van der Waals surface area contributed by atoms with Crippen molar-refractivity contribution in [2.75, 3.05) is 19.0 Å².